The van der Waals surface area contributed by atoms with E-state index in [0.29, 0.717) is 25.5 Å². The number of hydrogen-bond acceptors (Lipinski definition) is 5. The fourth-order valence-corrected chi connectivity index (χ4v) is 4.06. The maximum Gasteiger partial charge on any atom is 0.240 e. The average Bonchev–Trinajstić information content (AvgIpc) is 2.55. The summed E-state index contributed by atoms with van der Waals surface area (Å²) < 4.78 is 38.6. The van der Waals surface area contributed by atoms with Gasteiger partial charge in [-0.05, 0) is 45.0 Å². The van der Waals surface area contributed by atoms with Gasteiger partial charge in [0.1, 0.15) is 5.75 Å². The quantitative estimate of drug-likeness (QED) is 0.746. The van der Waals surface area contributed by atoms with Gasteiger partial charge in [-0.3, -0.25) is 0 Å². The van der Waals surface area contributed by atoms with Crippen molar-refractivity contribution in [2.24, 2.45) is 5.41 Å². The van der Waals surface area contributed by atoms with Crippen LogP contribution in [-0.4, -0.2) is 48.4 Å². The van der Waals surface area contributed by atoms with Crippen molar-refractivity contribution in [3.05, 3.63) is 24.3 Å². The highest BCUT2D eigenvalue weighted by atomic mass is 32.2. The molecule has 2 N–H and O–H groups in total. The molecule has 0 amide bonds. The van der Waals surface area contributed by atoms with Gasteiger partial charge in [0.2, 0.25) is 10.0 Å². The van der Waals surface area contributed by atoms with Gasteiger partial charge in [0.25, 0.3) is 0 Å². The van der Waals surface area contributed by atoms with E-state index in [9.17, 15) is 8.42 Å². The normalized spacial score (nSPS) is 17.8. The Balaban J connectivity index is 2.09. The van der Waals surface area contributed by atoms with Crippen LogP contribution in [0, 0.1) is 5.41 Å². The smallest absolute Gasteiger partial charge is 0.240 e. The van der Waals surface area contributed by atoms with Gasteiger partial charge in [-0.15, -0.1) is 0 Å². The number of piperidine rings is 1. The first-order valence-electron chi connectivity index (χ1n) is 7.93. The highest BCUT2D eigenvalue weighted by Gasteiger charge is 2.33. The van der Waals surface area contributed by atoms with Crippen LogP contribution in [0.4, 0.5) is 0 Å². The Kier molecular flexibility index (Phi) is 6.41. The van der Waals surface area contributed by atoms with E-state index in [1.165, 1.54) is 0 Å². The topological polar surface area (TPSA) is 76.7 Å². The Morgan fingerprint density at radius 3 is 2.70 bits per heavy atom. The summed E-state index contributed by atoms with van der Waals surface area (Å²) in [4.78, 5) is 0.227. The second-order valence-electron chi connectivity index (χ2n) is 5.92. The van der Waals surface area contributed by atoms with Crippen molar-refractivity contribution in [1.82, 2.24) is 10.0 Å². The average molecular weight is 342 g/mol. The van der Waals surface area contributed by atoms with E-state index >= 15 is 0 Å². The monoisotopic (exact) mass is 342 g/mol. The lowest BCUT2D eigenvalue weighted by atomic mass is 9.80. The zero-order chi connectivity index (χ0) is 16.8. The SMILES string of the molecule is CCOc1cccc(S(=O)(=O)NCC2(COC)CCNCC2)c1. The molecule has 0 spiro atoms. The second kappa shape index (κ2) is 8.10. The van der Waals surface area contributed by atoms with Crippen LogP contribution < -0.4 is 14.8 Å². The second-order valence-corrected chi connectivity index (χ2v) is 7.68. The first kappa shape index (κ1) is 18.2. The third kappa shape index (κ3) is 4.91. The van der Waals surface area contributed by atoms with Crippen LogP contribution in [0.25, 0.3) is 0 Å². The maximum absolute atomic E-state index is 12.6. The number of sulfonamides is 1. The Hall–Kier alpha value is -1.15. The van der Waals surface area contributed by atoms with Crippen molar-refractivity contribution in [3.8, 4) is 5.75 Å². The minimum atomic E-state index is -3.56. The van der Waals surface area contributed by atoms with Crippen LogP contribution in [0.15, 0.2) is 29.2 Å². The number of rotatable bonds is 8. The van der Waals surface area contributed by atoms with Gasteiger partial charge in [0.05, 0.1) is 18.1 Å². The molecule has 7 heteroatoms. The zero-order valence-corrected chi connectivity index (χ0v) is 14.6. The lowest BCUT2D eigenvalue weighted by Crippen LogP contribution is -2.47. The third-order valence-corrected chi connectivity index (χ3v) is 5.58. The zero-order valence-electron chi connectivity index (χ0n) is 13.8. The predicted octanol–water partition coefficient (Wildman–Crippen LogP) is 1.38. The van der Waals surface area contributed by atoms with Crippen molar-refractivity contribution < 1.29 is 17.9 Å². The summed E-state index contributed by atoms with van der Waals surface area (Å²) in [5.41, 5.74) is -0.148. The molecule has 1 aliphatic heterocycles. The van der Waals surface area contributed by atoms with Crippen molar-refractivity contribution >= 4 is 10.0 Å². The molecular formula is C16H26N2O4S. The van der Waals surface area contributed by atoms with Crippen LogP contribution in [0.2, 0.25) is 0 Å². The summed E-state index contributed by atoms with van der Waals surface area (Å²) in [7, 11) is -1.91. The van der Waals surface area contributed by atoms with Crippen molar-refractivity contribution in [2.45, 2.75) is 24.7 Å². The molecule has 0 bridgehead atoms. The van der Waals surface area contributed by atoms with E-state index in [0.717, 1.165) is 25.9 Å². The molecule has 1 fully saturated rings. The first-order valence-corrected chi connectivity index (χ1v) is 9.42. The minimum absolute atomic E-state index is 0.148. The minimum Gasteiger partial charge on any atom is -0.494 e. The molecule has 1 aromatic carbocycles. The molecule has 1 aromatic rings. The van der Waals surface area contributed by atoms with Crippen LogP contribution >= 0.6 is 0 Å². The molecule has 1 heterocycles. The molecule has 0 atom stereocenters. The number of benzene rings is 1. The van der Waals surface area contributed by atoms with Gasteiger partial charge < -0.3 is 14.8 Å². The van der Waals surface area contributed by atoms with Crippen LogP contribution in [0.5, 0.6) is 5.75 Å². The Morgan fingerprint density at radius 1 is 1.30 bits per heavy atom. The van der Waals surface area contributed by atoms with Gasteiger partial charge in [-0.25, -0.2) is 13.1 Å². The van der Waals surface area contributed by atoms with E-state index in [1.807, 2.05) is 6.92 Å². The predicted molar refractivity (Wildman–Crippen MR) is 89.2 cm³/mol. The molecule has 0 aromatic heterocycles. The molecule has 0 radical (unpaired) electrons. The first-order chi connectivity index (χ1) is 11.0. The molecule has 0 aliphatic carbocycles. The van der Waals surface area contributed by atoms with E-state index in [4.69, 9.17) is 9.47 Å². The van der Waals surface area contributed by atoms with E-state index in [1.54, 1.807) is 31.4 Å². The van der Waals surface area contributed by atoms with Crippen molar-refractivity contribution in [2.75, 3.05) is 40.0 Å². The van der Waals surface area contributed by atoms with Crippen molar-refractivity contribution in [3.63, 3.8) is 0 Å². The van der Waals surface area contributed by atoms with Gasteiger partial charge in [0, 0.05) is 25.1 Å². The molecular weight excluding hydrogens is 316 g/mol. The lowest BCUT2D eigenvalue weighted by molar-refractivity contribution is 0.0577. The highest BCUT2D eigenvalue weighted by molar-refractivity contribution is 7.89. The molecule has 0 unspecified atom stereocenters. The Labute approximate surface area is 138 Å². The Bertz CT molecular complexity index is 592. The van der Waals surface area contributed by atoms with Crippen molar-refractivity contribution in [1.29, 1.82) is 0 Å². The maximum atomic E-state index is 12.6. The number of ether oxygens (including phenoxy) is 2. The molecule has 23 heavy (non-hydrogen) atoms. The summed E-state index contributed by atoms with van der Waals surface area (Å²) in [5.74, 6) is 0.559. The number of hydrogen-bond donors (Lipinski definition) is 2. The molecule has 0 saturated carbocycles. The van der Waals surface area contributed by atoms with Gasteiger partial charge >= 0.3 is 0 Å². The lowest BCUT2D eigenvalue weighted by Gasteiger charge is -2.37. The molecule has 130 valence electrons. The van der Waals surface area contributed by atoms with Crippen LogP contribution in [0.1, 0.15) is 19.8 Å². The Morgan fingerprint density at radius 2 is 2.04 bits per heavy atom. The third-order valence-electron chi connectivity index (χ3n) is 4.18. The molecule has 1 aliphatic rings. The van der Waals surface area contributed by atoms with E-state index in [-0.39, 0.29) is 10.3 Å². The summed E-state index contributed by atoms with van der Waals surface area (Å²) in [6.45, 7) is 5.06. The number of nitrogens with one attached hydrogen (secondary N) is 2. The van der Waals surface area contributed by atoms with E-state index in [2.05, 4.69) is 10.0 Å². The summed E-state index contributed by atoms with van der Waals surface area (Å²) in [5, 5.41) is 3.30. The molecule has 6 nitrogen and oxygen atoms in total. The number of methoxy groups -OCH3 is 1. The van der Waals surface area contributed by atoms with Gasteiger partial charge in [-0.1, -0.05) is 6.07 Å². The standard InChI is InChI=1S/C16H26N2O4S/c1-3-22-14-5-4-6-15(11-14)23(19,20)18-12-16(13-21-2)7-9-17-10-8-16/h4-6,11,17-18H,3,7-10,12-13H2,1-2H3. The molecule has 1 saturated heterocycles. The van der Waals surface area contributed by atoms with Gasteiger partial charge in [0.15, 0.2) is 0 Å². The molecule has 2 rings (SSSR count). The van der Waals surface area contributed by atoms with E-state index < -0.39 is 10.0 Å². The van der Waals surface area contributed by atoms with Gasteiger partial charge in [-0.2, -0.15) is 0 Å². The van der Waals surface area contributed by atoms with Crippen LogP contribution in [0.3, 0.4) is 0 Å². The fourth-order valence-electron chi connectivity index (χ4n) is 2.86. The van der Waals surface area contributed by atoms with Crippen LogP contribution in [-0.2, 0) is 14.8 Å². The summed E-state index contributed by atoms with van der Waals surface area (Å²) in [6.07, 6.45) is 1.78. The largest absolute Gasteiger partial charge is 0.494 e. The summed E-state index contributed by atoms with van der Waals surface area (Å²) in [6, 6.07) is 6.57. The highest BCUT2D eigenvalue weighted by Crippen LogP contribution is 2.29. The fraction of sp³-hybridized carbons (Fsp3) is 0.625. The summed E-state index contributed by atoms with van der Waals surface area (Å²) >= 11 is 0.